The second-order valence-electron chi connectivity index (χ2n) is 5.33. The van der Waals surface area contributed by atoms with Gasteiger partial charge in [0.2, 0.25) is 0 Å². The summed E-state index contributed by atoms with van der Waals surface area (Å²) in [5.74, 6) is 0.617. The van der Waals surface area contributed by atoms with Crippen LogP contribution >= 0.6 is 0 Å². The lowest BCUT2D eigenvalue weighted by Gasteiger charge is -2.36. The maximum absolute atomic E-state index is 10.5. The van der Waals surface area contributed by atoms with E-state index < -0.39 is 5.97 Å². The second-order valence-corrected chi connectivity index (χ2v) is 5.33. The molecule has 1 aliphatic rings. The first-order chi connectivity index (χ1) is 8.06. The van der Waals surface area contributed by atoms with Crippen molar-refractivity contribution in [1.29, 1.82) is 0 Å². The quantitative estimate of drug-likeness (QED) is 0.860. The van der Waals surface area contributed by atoms with Crippen LogP contribution in [-0.2, 0) is 4.79 Å². The molecule has 0 atom stereocenters. The van der Waals surface area contributed by atoms with Crippen molar-refractivity contribution in [1.82, 2.24) is 0 Å². The topological polar surface area (TPSA) is 37.3 Å². The molecule has 1 aliphatic carbocycles. The van der Waals surface area contributed by atoms with Crippen molar-refractivity contribution in [3.05, 3.63) is 34.9 Å². The maximum atomic E-state index is 10.5. The number of aliphatic carboxylic acids is 1. The fraction of sp³-hybridized carbons (Fsp3) is 0.533. The van der Waals surface area contributed by atoms with Gasteiger partial charge in [0.25, 0.3) is 0 Å². The summed E-state index contributed by atoms with van der Waals surface area (Å²) in [6.07, 6.45) is 3.50. The summed E-state index contributed by atoms with van der Waals surface area (Å²) in [5, 5.41) is 8.64. The fourth-order valence-corrected chi connectivity index (χ4v) is 2.84. The van der Waals surface area contributed by atoms with Crippen molar-refractivity contribution in [2.75, 3.05) is 0 Å². The van der Waals surface area contributed by atoms with Gasteiger partial charge in [-0.2, -0.15) is 0 Å². The van der Waals surface area contributed by atoms with Gasteiger partial charge in [-0.25, -0.2) is 0 Å². The Balaban J connectivity index is 1.88. The summed E-state index contributed by atoms with van der Waals surface area (Å²) in [4.78, 5) is 10.5. The summed E-state index contributed by atoms with van der Waals surface area (Å²) in [7, 11) is 0. The summed E-state index contributed by atoms with van der Waals surface area (Å²) in [5.41, 5.74) is 4.15. The average molecular weight is 232 g/mol. The Morgan fingerprint density at radius 1 is 1.35 bits per heavy atom. The van der Waals surface area contributed by atoms with Gasteiger partial charge in [-0.1, -0.05) is 23.8 Å². The SMILES string of the molecule is Cc1ccc(C2CC(CCC(=O)O)C2)c(C)c1. The van der Waals surface area contributed by atoms with Gasteiger partial charge in [0.1, 0.15) is 0 Å². The number of rotatable bonds is 4. The Bertz CT molecular complexity index is 417. The van der Waals surface area contributed by atoms with E-state index in [0.717, 1.165) is 19.3 Å². The smallest absolute Gasteiger partial charge is 0.303 e. The average Bonchev–Trinajstić information content (AvgIpc) is 2.17. The minimum atomic E-state index is -0.667. The van der Waals surface area contributed by atoms with Crippen LogP contribution in [-0.4, -0.2) is 11.1 Å². The van der Waals surface area contributed by atoms with E-state index in [1.807, 2.05) is 0 Å². The number of hydrogen-bond acceptors (Lipinski definition) is 1. The molecule has 0 saturated heterocycles. The van der Waals surface area contributed by atoms with E-state index >= 15 is 0 Å². The number of carboxylic acids is 1. The van der Waals surface area contributed by atoms with E-state index in [-0.39, 0.29) is 0 Å². The highest BCUT2D eigenvalue weighted by Crippen LogP contribution is 2.44. The first-order valence-electron chi connectivity index (χ1n) is 6.35. The molecule has 1 aromatic rings. The molecule has 92 valence electrons. The molecule has 0 unspecified atom stereocenters. The largest absolute Gasteiger partial charge is 0.481 e. The molecular weight excluding hydrogens is 212 g/mol. The molecule has 2 heteroatoms. The van der Waals surface area contributed by atoms with Gasteiger partial charge >= 0.3 is 5.97 Å². The Morgan fingerprint density at radius 3 is 2.65 bits per heavy atom. The molecule has 0 heterocycles. The minimum Gasteiger partial charge on any atom is -0.481 e. The predicted octanol–water partition coefficient (Wildman–Crippen LogP) is 3.66. The van der Waals surface area contributed by atoms with Crippen LogP contribution in [0.25, 0.3) is 0 Å². The van der Waals surface area contributed by atoms with Gasteiger partial charge in [0.05, 0.1) is 0 Å². The van der Waals surface area contributed by atoms with E-state index in [1.54, 1.807) is 0 Å². The number of carboxylic acid groups (broad SMARTS) is 1. The summed E-state index contributed by atoms with van der Waals surface area (Å²) >= 11 is 0. The van der Waals surface area contributed by atoms with E-state index in [4.69, 9.17) is 5.11 Å². The predicted molar refractivity (Wildman–Crippen MR) is 68.3 cm³/mol. The van der Waals surface area contributed by atoms with Crippen molar-refractivity contribution in [2.45, 2.75) is 45.4 Å². The molecule has 0 spiro atoms. The Labute approximate surface area is 103 Å². The van der Waals surface area contributed by atoms with Crippen LogP contribution < -0.4 is 0 Å². The number of hydrogen-bond donors (Lipinski definition) is 1. The van der Waals surface area contributed by atoms with Crippen molar-refractivity contribution in [3.8, 4) is 0 Å². The summed E-state index contributed by atoms with van der Waals surface area (Å²) < 4.78 is 0. The number of benzene rings is 1. The first-order valence-corrected chi connectivity index (χ1v) is 6.35. The molecule has 0 aromatic heterocycles. The highest BCUT2D eigenvalue weighted by molar-refractivity contribution is 5.66. The fourth-order valence-electron chi connectivity index (χ4n) is 2.84. The van der Waals surface area contributed by atoms with Gasteiger partial charge in [-0.3, -0.25) is 4.79 Å². The molecular formula is C15H20O2. The molecule has 0 radical (unpaired) electrons. The summed E-state index contributed by atoms with van der Waals surface area (Å²) in [6.45, 7) is 4.29. The molecule has 0 aliphatic heterocycles. The van der Waals surface area contributed by atoms with Crippen LogP contribution in [0.4, 0.5) is 0 Å². The standard InChI is InChI=1S/C15H20O2/c1-10-3-5-14(11(2)7-10)13-8-12(9-13)4-6-15(16)17/h3,5,7,12-13H,4,6,8-9H2,1-2H3,(H,16,17). The van der Waals surface area contributed by atoms with Crippen molar-refractivity contribution < 1.29 is 9.90 Å². The number of aryl methyl sites for hydroxylation is 2. The molecule has 1 aromatic carbocycles. The van der Waals surface area contributed by atoms with E-state index in [2.05, 4.69) is 32.0 Å². The van der Waals surface area contributed by atoms with Gasteiger partial charge < -0.3 is 5.11 Å². The van der Waals surface area contributed by atoms with Crippen LogP contribution in [0.15, 0.2) is 18.2 Å². The molecule has 1 saturated carbocycles. The van der Waals surface area contributed by atoms with Crippen LogP contribution in [0.2, 0.25) is 0 Å². The zero-order valence-electron chi connectivity index (χ0n) is 10.6. The van der Waals surface area contributed by atoms with Crippen molar-refractivity contribution in [2.24, 2.45) is 5.92 Å². The normalized spacial score (nSPS) is 23.2. The molecule has 1 N–H and O–H groups in total. The third-order valence-corrected chi connectivity index (χ3v) is 3.87. The minimum absolute atomic E-state index is 0.324. The molecule has 17 heavy (non-hydrogen) atoms. The van der Waals surface area contributed by atoms with Crippen molar-refractivity contribution in [3.63, 3.8) is 0 Å². The molecule has 2 nitrogen and oxygen atoms in total. The first kappa shape index (κ1) is 12.2. The molecule has 0 bridgehead atoms. The molecule has 1 fully saturated rings. The zero-order valence-corrected chi connectivity index (χ0v) is 10.6. The Hall–Kier alpha value is -1.31. The Kier molecular flexibility index (Phi) is 3.51. The van der Waals surface area contributed by atoms with E-state index in [1.165, 1.54) is 16.7 Å². The molecule has 0 amide bonds. The maximum Gasteiger partial charge on any atom is 0.303 e. The van der Waals surface area contributed by atoms with E-state index in [0.29, 0.717) is 18.3 Å². The highest BCUT2D eigenvalue weighted by Gasteiger charge is 2.30. The summed E-state index contributed by atoms with van der Waals surface area (Å²) in [6, 6.07) is 6.65. The van der Waals surface area contributed by atoms with Crippen LogP contribution in [0.1, 0.15) is 48.3 Å². The van der Waals surface area contributed by atoms with Gasteiger partial charge in [0, 0.05) is 6.42 Å². The van der Waals surface area contributed by atoms with Crippen LogP contribution in [0.3, 0.4) is 0 Å². The van der Waals surface area contributed by atoms with Crippen LogP contribution in [0, 0.1) is 19.8 Å². The van der Waals surface area contributed by atoms with Gasteiger partial charge in [-0.05, 0) is 56.1 Å². The van der Waals surface area contributed by atoms with E-state index in [9.17, 15) is 4.79 Å². The lowest BCUT2D eigenvalue weighted by Crippen LogP contribution is -2.23. The highest BCUT2D eigenvalue weighted by atomic mass is 16.4. The zero-order chi connectivity index (χ0) is 12.4. The third kappa shape index (κ3) is 2.87. The monoisotopic (exact) mass is 232 g/mol. The Morgan fingerprint density at radius 2 is 2.06 bits per heavy atom. The number of carbonyl (C=O) groups is 1. The lowest BCUT2D eigenvalue weighted by molar-refractivity contribution is -0.137. The molecule has 2 rings (SSSR count). The van der Waals surface area contributed by atoms with Gasteiger partial charge in [0.15, 0.2) is 0 Å². The van der Waals surface area contributed by atoms with Crippen LogP contribution in [0.5, 0.6) is 0 Å². The third-order valence-electron chi connectivity index (χ3n) is 3.87. The van der Waals surface area contributed by atoms with Gasteiger partial charge in [-0.15, -0.1) is 0 Å². The van der Waals surface area contributed by atoms with Crippen molar-refractivity contribution >= 4 is 5.97 Å². The lowest BCUT2D eigenvalue weighted by atomic mass is 9.69. The second kappa shape index (κ2) is 4.91.